The molecular formula is C30H42O4. The SMILES string of the molecule is CCCCCCCCOC(=O)c1ccc(-c2ccc(C(=O)OCCCCCCCC)cc2)cc1. The zero-order valence-electron chi connectivity index (χ0n) is 21.2. The van der Waals surface area contributed by atoms with Crippen molar-refractivity contribution in [2.45, 2.75) is 90.9 Å². The van der Waals surface area contributed by atoms with Crippen LogP contribution in [0.15, 0.2) is 48.5 Å². The second-order valence-corrected chi connectivity index (χ2v) is 8.96. The van der Waals surface area contributed by atoms with Crippen LogP contribution in [-0.4, -0.2) is 25.2 Å². The third-order valence-electron chi connectivity index (χ3n) is 6.04. The Bertz CT molecular complexity index is 752. The van der Waals surface area contributed by atoms with E-state index in [1.54, 1.807) is 24.3 Å². The average molecular weight is 467 g/mol. The van der Waals surface area contributed by atoms with Crippen LogP contribution in [0.3, 0.4) is 0 Å². The predicted molar refractivity (Wildman–Crippen MR) is 139 cm³/mol. The average Bonchev–Trinajstić information content (AvgIpc) is 2.87. The van der Waals surface area contributed by atoms with Crippen molar-refractivity contribution in [3.63, 3.8) is 0 Å². The van der Waals surface area contributed by atoms with Gasteiger partial charge in [-0.15, -0.1) is 0 Å². The Morgan fingerprint density at radius 1 is 0.500 bits per heavy atom. The minimum Gasteiger partial charge on any atom is -0.462 e. The Labute approximate surface area is 206 Å². The molecule has 0 bridgehead atoms. The molecule has 186 valence electrons. The Balaban J connectivity index is 1.73. The van der Waals surface area contributed by atoms with E-state index in [4.69, 9.17) is 9.47 Å². The van der Waals surface area contributed by atoms with E-state index in [2.05, 4.69) is 13.8 Å². The molecule has 0 saturated heterocycles. The van der Waals surface area contributed by atoms with Crippen molar-refractivity contribution in [1.82, 2.24) is 0 Å². The molecule has 0 amide bonds. The molecule has 2 aromatic rings. The Morgan fingerprint density at radius 2 is 0.824 bits per heavy atom. The first kappa shape index (κ1) is 27.6. The van der Waals surface area contributed by atoms with Gasteiger partial charge in [0.2, 0.25) is 0 Å². The summed E-state index contributed by atoms with van der Waals surface area (Å²) in [6, 6.07) is 14.8. The second kappa shape index (κ2) is 16.9. The zero-order chi connectivity index (χ0) is 24.4. The molecule has 0 aromatic heterocycles. The molecule has 0 heterocycles. The molecule has 0 unspecified atom stereocenters. The van der Waals surface area contributed by atoms with Crippen molar-refractivity contribution in [2.75, 3.05) is 13.2 Å². The molecule has 0 aliphatic heterocycles. The number of hydrogen-bond donors (Lipinski definition) is 0. The molecule has 0 saturated carbocycles. The van der Waals surface area contributed by atoms with Gasteiger partial charge in [0, 0.05) is 0 Å². The van der Waals surface area contributed by atoms with E-state index >= 15 is 0 Å². The summed E-state index contributed by atoms with van der Waals surface area (Å²) < 4.78 is 10.8. The number of esters is 2. The fourth-order valence-corrected chi connectivity index (χ4v) is 3.86. The van der Waals surface area contributed by atoms with Crippen LogP contribution in [0.5, 0.6) is 0 Å². The van der Waals surface area contributed by atoms with Gasteiger partial charge < -0.3 is 9.47 Å². The summed E-state index contributed by atoms with van der Waals surface area (Å²) in [6.07, 6.45) is 14.0. The van der Waals surface area contributed by atoms with Gasteiger partial charge in [-0.2, -0.15) is 0 Å². The molecule has 0 fully saturated rings. The van der Waals surface area contributed by atoms with Crippen molar-refractivity contribution in [2.24, 2.45) is 0 Å². The van der Waals surface area contributed by atoms with Crippen LogP contribution in [0.4, 0.5) is 0 Å². The Hall–Kier alpha value is -2.62. The smallest absolute Gasteiger partial charge is 0.338 e. The number of rotatable bonds is 17. The molecule has 0 atom stereocenters. The van der Waals surface area contributed by atoms with E-state index in [0.29, 0.717) is 24.3 Å². The summed E-state index contributed by atoms with van der Waals surface area (Å²) in [5.41, 5.74) is 3.09. The molecule has 0 aliphatic carbocycles. The third kappa shape index (κ3) is 10.5. The van der Waals surface area contributed by atoms with Gasteiger partial charge in [0.25, 0.3) is 0 Å². The number of ether oxygens (including phenoxy) is 2. The maximum absolute atomic E-state index is 12.2. The van der Waals surface area contributed by atoms with E-state index < -0.39 is 0 Å². The van der Waals surface area contributed by atoms with Gasteiger partial charge in [0.05, 0.1) is 24.3 Å². The van der Waals surface area contributed by atoms with Gasteiger partial charge in [-0.3, -0.25) is 0 Å². The molecule has 0 radical (unpaired) electrons. The molecule has 2 rings (SSSR count). The van der Waals surface area contributed by atoms with E-state index in [9.17, 15) is 9.59 Å². The summed E-state index contributed by atoms with van der Waals surface area (Å²) in [5, 5.41) is 0. The molecule has 0 N–H and O–H groups in total. The highest BCUT2D eigenvalue weighted by atomic mass is 16.5. The maximum atomic E-state index is 12.2. The van der Waals surface area contributed by atoms with Gasteiger partial charge in [0.1, 0.15) is 0 Å². The predicted octanol–water partition coefficient (Wildman–Crippen LogP) is 8.39. The van der Waals surface area contributed by atoms with Crippen molar-refractivity contribution < 1.29 is 19.1 Å². The summed E-state index contributed by atoms with van der Waals surface area (Å²) in [6.45, 7) is 5.36. The normalized spacial score (nSPS) is 10.8. The molecule has 4 heteroatoms. The fourth-order valence-electron chi connectivity index (χ4n) is 3.86. The quantitative estimate of drug-likeness (QED) is 0.173. The molecule has 0 aliphatic rings. The molecule has 4 nitrogen and oxygen atoms in total. The van der Waals surface area contributed by atoms with E-state index in [0.717, 1.165) is 36.8 Å². The van der Waals surface area contributed by atoms with Crippen LogP contribution in [-0.2, 0) is 9.47 Å². The fraction of sp³-hybridized carbons (Fsp3) is 0.533. The highest BCUT2D eigenvalue weighted by molar-refractivity contribution is 5.91. The number of carbonyl (C=O) groups excluding carboxylic acids is 2. The van der Waals surface area contributed by atoms with E-state index in [1.165, 1.54) is 51.4 Å². The maximum Gasteiger partial charge on any atom is 0.338 e. The van der Waals surface area contributed by atoms with Gasteiger partial charge in [-0.05, 0) is 48.2 Å². The first-order valence-corrected chi connectivity index (χ1v) is 13.2. The second-order valence-electron chi connectivity index (χ2n) is 8.96. The van der Waals surface area contributed by atoms with Crippen LogP contribution >= 0.6 is 0 Å². The third-order valence-corrected chi connectivity index (χ3v) is 6.04. The van der Waals surface area contributed by atoms with Crippen LogP contribution in [0, 0.1) is 0 Å². The Kier molecular flexibility index (Phi) is 13.7. The van der Waals surface area contributed by atoms with Gasteiger partial charge in [-0.25, -0.2) is 9.59 Å². The summed E-state index contributed by atoms with van der Waals surface area (Å²) in [7, 11) is 0. The van der Waals surface area contributed by atoms with Gasteiger partial charge in [-0.1, -0.05) is 102 Å². The van der Waals surface area contributed by atoms with Crippen molar-refractivity contribution >= 4 is 11.9 Å². The van der Waals surface area contributed by atoms with Gasteiger partial charge >= 0.3 is 11.9 Å². The number of benzene rings is 2. The molecule has 34 heavy (non-hydrogen) atoms. The number of hydrogen-bond acceptors (Lipinski definition) is 4. The number of carbonyl (C=O) groups is 2. The van der Waals surface area contributed by atoms with Crippen LogP contribution in [0.1, 0.15) is 112 Å². The standard InChI is InChI=1S/C30H42O4/c1-3-5-7-9-11-13-23-33-29(31)27-19-15-25(16-20-27)26-17-21-28(22-18-26)30(32)34-24-14-12-10-8-6-4-2/h15-22H,3-14,23-24H2,1-2H3. The lowest BCUT2D eigenvalue weighted by molar-refractivity contribution is 0.0488. The summed E-state index contributed by atoms with van der Waals surface area (Å²) >= 11 is 0. The largest absolute Gasteiger partial charge is 0.462 e. The summed E-state index contributed by atoms with van der Waals surface area (Å²) in [4.78, 5) is 24.5. The number of unbranched alkanes of at least 4 members (excludes halogenated alkanes) is 10. The van der Waals surface area contributed by atoms with Crippen molar-refractivity contribution in [3.8, 4) is 11.1 Å². The molecular weight excluding hydrogens is 424 g/mol. The van der Waals surface area contributed by atoms with Crippen LogP contribution < -0.4 is 0 Å². The Morgan fingerprint density at radius 3 is 1.18 bits per heavy atom. The van der Waals surface area contributed by atoms with Crippen LogP contribution in [0.25, 0.3) is 11.1 Å². The van der Waals surface area contributed by atoms with E-state index in [1.807, 2.05) is 24.3 Å². The zero-order valence-corrected chi connectivity index (χ0v) is 21.2. The van der Waals surface area contributed by atoms with Crippen molar-refractivity contribution in [3.05, 3.63) is 59.7 Å². The lowest BCUT2D eigenvalue weighted by atomic mass is 10.0. The highest BCUT2D eigenvalue weighted by Gasteiger charge is 2.09. The topological polar surface area (TPSA) is 52.6 Å². The molecule has 0 spiro atoms. The minimum absolute atomic E-state index is 0.274. The first-order valence-electron chi connectivity index (χ1n) is 13.2. The molecule has 2 aromatic carbocycles. The first-order chi connectivity index (χ1) is 16.7. The minimum atomic E-state index is -0.274. The lowest BCUT2D eigenvalue weighted by Gasteiger charge is -2.08. The monoisotopic (exact) mass is 466 g/mol. The lowest BCUT2D eigenvalue weighted by Crippen LogP contribution is -2.06. The van der Waals surface area contributed by atoms with Gasteiger partial charge in [0.15, 0.2) is 0 Å². The van der Waals surface area contributed by atoms with Crippen LogP contribution in [0.2, 0.25) is 0 Å². The van der Waals surface area contributed by atoms with Crippen molar-refractivity contribution in [1.29, 1.82) is 0 Å². The highest BCUT2D eigenvalue weighted by Crippen LogP contribution is 2.21. The summed E-state index contributed by atoms with van der Waals surface area (Å²) in [5.74, 6) is -0.549. The van der Waals surface area contributed by atoms with E-state index in [-0.39, 0.29) is 11.9 Å².